The number of nitrogens with zero attached hydrogens (tertiary/aromatic N) is 2. The minimum Gasteiger partial charge on any atom is -0.493 e. The van der Waals surface area contributed by atoms with Gasteiger partial charge in [0.15, 0.2) is 11.5 Å². The highest BCUT2D eigenvalue weighted by Crippen LogP contribution is 2.35. The van der Waals surface area contributed by atoms with Crippen molar-refractivity contribution in [3.8, 4) is 23.1 Å². The average molecular weight is 492 g/mol. The summed E-state index contributed by atoms with van der Waals surface area (Å²) in [6.45, 7) is 2.36. The lowest BCUT2D eigenvalue weighted by Crippen LogP contribution is -2.15. The molecule has 3 aromatic carbocycles. The number of carbonyl (C=O) groups excluding carboxylic acids is 1. The normalized spacial score (nSPS) is 10.6. The zero-order valence-corrected chi connectivity index (χ0v) is 20.4. The zero-order chi connectivity index (χ0) is 24.6. The van der Waals surface area contributed by atoms with Gasteiger partial charge in [0, 0.05) is 22.4 Å². The molecular formula is C26H25N3O5S. The van der Waals surface area contributed by atoms with Crippen LogP contribution < -0.4 is 19.5 Å². The molecule has 9 heteroatoms. The van der Waals surface area contributed by atoms with Gasteiger partial charge in [-0.2, -0.15) is 0 Å². The van der Waals surface area contributed by atoms with Gasteiger partial charge < -0.3 is 18.9 Å². The average Bonchev–Trinajstić information content (AvgIpc) is 2.88. The second-order valence-electron chi connectivity index (χ2n) is 7.45. The van der Waals surface area contributed by atoms with Crippen molar-refractivity contribution in [1.29, 1.82) is 0 Å². The fourth-order valence-corrected chi connectivity index (χ4v) is 3.97. The Morgan fingerprint density at radius 1 is 0.943 bits per heavy atom. The van der Waals surface area contributed by atoms with Crippen LogP contribution in [0.5, 0.6) is 23.1 Å². The van der Waals surface area contributed by atoms with Gasteiger partial charge in [-0.05, 0) is 49.4 Å². The number of aromatic nitrogens is 2. The van der Waals surface area contributed by atoms with Gasteiger partial charge in [-0.25, -0.2) is 14.8 Å². The molecule has 4 aromatic rings. The SMILES string of the molecule is COc1cc2ncnc(Oc3ccc(NC(=O)OCCSc4ccc(C)cc4)cc3)c2cc1OC. The van der Waals surface area contributed by atoms with E-state index in [2.05, 4.69) is 39.6 Å². The number of carbonyl (C=O) groups is 1. The lowest BCUT2D eigenvalue weighted by molar-refractivity contribution is 0.169. The molecule has 0 aliphatic carbocycles. The Morgan fingerprint density at radius 3 is 2.37 bits per heavy atom. The summed E-state index contributed by atoms with van der Waals surface area (Å²) < 4.78 is 21.9. The van der Waals surface area contributed by atoms with Gasteiger partial charge in [0.1, 0.15) is 18.7 Å². The fraction of sp³-hybridized carbons (Fsp3) is 0.192. The Balaban J connectivity index is 1.32. The summed E-state index contributed by atoms with van der Waals surface area (Å²) in [6.07, 6.45) is 0.915. The first-order valence-corrected chi connectivity index (χ1v) is 11.8. The Hall–Kier alpha value is -3.98. The van der Waals surface area contributed by atoms with Crippen molar-refractivity contribution in [3.63, 3.8) is 0 Å². The topological polar surface area (TPSA) is 91.8 Å². The Labute approximate surface area is 207 Å². The third-order valence-electron chi connectivity index (χ3n) is 5.03. The predicted molar refractivity (Wildman–Crippen MR) is 136 cm³/mol. The molecule has 0 saturated heterocycles. The van der Waals surface area contributed by atoms with Crippen LogP contribution in [0.1, 0.15) is 5.56 Å². The summed E-state index contributed by atoms with van der Waals surface area (Å²) in [5, 5.41) is 3.39. The highest BCUT2D eigenvalue weighted by atomic mass is 32.2. The summed E-state index contributed by atoms with van der Waals surface area (Å²) >= 11 is 1.64. The van der Waals surface area contributed by atoms with E-state index >= 15 is 0 Å². The number of hydrogen-bond donors (Lipinski definition) is 1. The van der Waals surface area contributed by atoms with Gasteiger partial charge in [0.2, 0.25) is 5.88 Å². The molecule has 0 unspecified atom stereocenters. The van der Waals surface area contributed by atoms with Gasteiger partial charge in [-0.15, -0.1) is 11.8 Å². The van der Waals surface area contributed by atoms with E-state index in [1.807, 2.05) is 6.92 Å². The largest absolute Gasteiger partial charge is 0.493 e. The van der Waals surface area contributed by atoms with E-state index in [-0.39, 0.29) is 0 Å². The number of benzene rings is 3. The number of aryl methyl sites for hydroxylation is 1. The van der Waals surface area contributed by atoms with Crippen LogP contribution in [0.4, 0.5) is 10.5 Å². The van der Waals surface area contributed by atoms with E-state index in [1.54, 1.807) is 62.4 Å². The van der Waals surface area contributed by atoms with Crippen molar-refractivity contribution < 1.29 is 23.7 Å². The lowest BCUT2D eigenvalue weighted by atomic mass is 10.2. The fourth-order valence-electron chi connectivity index (χ4n) is 3.24. The van der Waals surface area contributed by atoms with Crippen LogP contribution in [0, 0.1) is 6.92 Å². The first-order valence-electron chi connectivity index (χ1n) is 10.8. The molecule has 1 N–H and O–H groups in total. The summed E-state index contributed by atoms with van der Waals surface area (Å²) in [5.41, 5.74) is 2.47. The number of anilines is 1. The van der Waals surface area contributed by atoms with Crippen LogP contribution >= 0.6 is 11.8 Å². The first-order chi connectivity index (χ1) is 17.1. The van der Waals surface area contributed by atoms with E-state index in [0.717, 1.165) is 4.90 Å². The number of amides is 1. The third kappa shape index (κ3) is 6.33. The number of rotatable bonds is 9. The van der Waals surface area contributed by atoms with Crippen molar-refractivity contribution in [2.45, 2.75) is 11.8 Å². The summed E-state index contributed by atoms with van der Waals surface area (Å²) in [5.74, 6) is 2.72. The van der Waals surface area contributed by atoms with Crippen molar-refractivity contribution in [3.05, 3.63) is 72.6 Å². The lowest BCUT2D eigenvalue weighted by Gasteiger charge is -2.12. The van der Waals surface area contributed by atoms with Crippen LogP contribution in [-0.2, 0) is 4.74 Å². The highest BCUT2D eigenvalue weighted by molar-refractivity contribution is 7.99. The smallest absolute Gasteiger partial charge is 0.411 e. The van der Waals surface area contributed by atoms with E-state index < -0.39 is 6.09 Å². The minimum absolute atomic E-state index is 0.306. The number of nitrogens with one attached hydrogen (secondary N) is 1. The van der Waals surface area contributed by atoms with Crippen molar-refractivity contribution >= 4 is 34.4 Å². The van der Waals surface area contributed by atoms with E-state index in [0.29, 0.717) is 52.1 Å². The molecule has 0 aliphatic rings. The van der Waals surface area contributed by atoms with Crippen molar-refractivity contribution in [1.82, 2.24) is 9.97 Å². The van der Waals surface area contributed by atoms with E-state index in [1.165, 1.54) is 11.9 Å². The second-order valence-corrected chi connectivity index (χ2v) is 8.62. The Morgan fingerprint density at radius 2 is 1.66 bits per heavy atom. The molecule has 1 heterocycles. The van der Waals surface area contributed by atoms with Gasteiger partial charge >= 0.3 is 6.09 Å². The van der Waals surface area contributed by atoms with Crippen molar-refractivity contribution in [2.75, 3.05) is 31.9 Å². The Kier molecular flexibility index (Phi) is 7.89. The molecule has 0 saturated carbocycles. The third-order valence-corrected chi connectivity index (χ3v) is 6.00. The van der Waals surface area contributed by atoms with Crippen LogP contribution in [0.3, 0.4) is 0 Å². The molecule has 0 fully saturated rings. The molecule has 180 valence electrons. The van der Waals surface area contributed by atoms with Crippen LogP contribution in [0.15, 0.2) is 71.9 Å². The molecule has 0 spiro atoms. The second kappa shape index (κ2) is 11.4. The van der Waals surface area contributed by atoms with Crippen LogP contribution in [0.25, 0.3) is 10.9 Å². The molecule has 0 radical (unpaired) electrons. The maximum atomic E-state index is 12.1. The monoisotopic (exact) mass is 491 g/mol. The van der Waals surface area contributed by atoms with Gasteiger partial charge in [0.25, 0.3) is 0 Å². The Bertz CT molecular complexity index is 1300. The summed E-state index contributed by atoms with van der Waals surface area (Å²) in [6, 6.07) is 18.7. The molecule has 35 heavy (non-hydrogen) atoms. The van der Waals surface area contributed by atoms with Gasteiger partial charge in [-0.1, -0.05) is 17.7 Å². The highest BCUT2D eigenvalue weighted by Gasteiger charge is 2.13. The molecule has 0 bridgehead atoms. The van der Waals surface area contributed by atoms with Gasteiger partial charge in [0.05, 0.1) is 25.1 Å². The molecular weight excluding hydrogens is 466 g/mol. The molecule has 8 nitrogen and oxygen atoms in total. The van der Waals surface area contributed by atoms with Crippen LogP contribution in [0.2, 0.25) is 0 Å². The minimum atomic E-state index is -0.508. The summed E-state index contributed by atoms with van der Waals surface area (Å²) in [7, 11) is 3.13. The standard InChI is InChI=1S/C26H25N3O5S/c1-17-4-10-20(11-5-17)35-13-12-33-26(30)29-18-6-8-19(9-7-18)34-25-21-14-23(31-2)24(32-3)15-22(21)27-16-28-25/h4-11,14-16H,12-13H2,1-3H3,(H,29,30). The number of hydrogen-bond acceptors (Lipinski definition) is 8. The summed E-state index contributed by atoms with van der Waals surface area (Å²) in [4.78, 5) is 21.8. The molecule has 0 atom stereocenters. The first kappa shape index (κ1) is 24.2. The van der Waals surface area contributed by atoms with Crippen LogP contribution in [-0.4, -0.2) is 42.6 Å². The molecule has 1 amide bonds. The number of methoxy groups -OCH3 is 2. The molecule has 1 aromatic heterocycles. The quantitative estimate of drug-likeness (QED) is 0.222. The predicted octanol–water partition coefficient (Wildman–Crippen LogP) is 6.09. The number of thioether (sulfide) groups is 1. The van der Waals surface area contributed by atoms with E-state index in [9.17, 15) is 4.79 Å². The number of ether oxygens (including phenoxy) is 4. The molecule has 0 aliphatic heterocycles. The van der Waals surface area contributed by atoms with Gasteiger partial charge in [-0.3, -0.25) is 5.32 Å². The number of fused-ring (bicyclic) bond motifs is 1. The zero-order valence-electron chi connectivity index (χ0n) is 19.6. The van der Waals surface area contributed by atoms with E-state index in [4.69, 9.17) is 18.9 Å². The van der Waals surface area contributed by atoms with Crippen molar-refractivity contribution in [2.24, 2.45) is 0 Å². The maximum absolute atomic E-state index is 12.1. The maximum Gasteiger partial charge on any atom is 0.411 e. The molecule has 4 rings (SSSR count).